The molecule has 194 valence electrons. The van der Waals surface area contributed by atoms with Gasteiger partial charge >= 0.3 is 18.1 Å². The molecule has 1 atom stereocenters. The van der Waals surface area contributed by atoms with Crippen molar-refractivity contribution < 1.29 is 29.0 Å². The van der Waals surface area contributed by atoms with Crippen LogP contribution >= 0.6 is 0 Å². The van der Waals surface area contributed by atoms with Gasteiger partial charge in [0.2, 0.25) is 5.91 Å². The Kier molecular flexibility index (Phi) is 10.7. The number of nitrogens with one attached hydrogen (secondary N) is 3. The van der Waals surface area contributed by atoms with Crippen LogP contribution in [-0.2, 0) is 14.3 Å². The van der Waals surface area contributed by atoms with Gasteiger partial charge in [-0.2, -0.15) is 0 Å². The number of carbonyl (C=O) groups excluding carboxylic acids is 3. The molecule has 0 heterocycles. The molecule has 0 bridgehead atoms. The number of carbonyl (C=O) groups is 4. The molecule has 4 amide bonds. The van der Waals surface area contributed by atoms with Crippen LogP contribution in [0.1, 0.15) is 44.2 Å². The molecule has 0 saturated heterocycles. The number of hydrogen-bond acceptors (Lipinski definition) is 5. The SMILES string of the molecule is CC(C)C(NC(=O)OCC1c2ccccc2-c2ccccc21)C(=O)NCC(=O)O.CCCNC(N)=O. The van der Waals surface area contributed by atoms with Gasteiger partial charge in [-0.15, -0.1) is 0 Å². The number of urea groups is 1. The van der Waals surface area contributed by atoms with Gasteiger partial charge in [-0.25, -0.2) is 9.59 Å². The Morgan fingerprint density at radius 2 is 1.53 bits per heavy atom. The molecule has 0 spiro atoms. The summed E-state index contributed by atoms with van der Waals surface area (Å²) < 4.78 is 5.45. The fourth-order valence-electron chi connectivity index (χ4n) is 3.82. The zero-order valence-electron chi connectivity index (χ0n) is 20.7. The van der Waals surface area contributed by atoms with E-state index >= 15 is 0 Å². The van der Waals surface area contributed by atoms with Crippen LogP contribution in [0.25, 0.3) is 11.1 Å². The molecule has 10 nitrogen and oxygen atoms in total. The van der Waals surface area contributed by atoms with E-state index in [1.54, 1.807) is 13.8 Å². The Balaban J connectivity index is 0.000000572. The van der Waals surface area contributed by atoms with Crippen LogP contribution in [0.4, 0.5) is 9.59 Å². The molecule has 0 fully saturated rings. The predicted octanol–water partition coefficient (Wildman–Crippen LogP) is 2.82. The summed E-state index contributed by atoms with van der Waals surface area (Å²) in [7, 11) is 0. The van der Waals surface area contributed by atoms with E-state index in [9.17, 15) is 19.2 Å². The fraction of sp³-hybridized carbons (Fsp3) is 0.385. The van der Waals surface area contributed by atoms with Crippen molar-refractivity contribution >= 4 is 24.0 Å². The molecule has 0 saturated carbocycles. The number of aliphatic carboxylic acids is 1. The number of fused-ring (bicyclic) bond motifs is 3. The van der Waals surface area contributed by atoms with Crippen molar-refractivity contribution in [3.63, 3.8) is 0 Å². The second kappa shape index (κ2) is 13.7. The third-order valence-electron chi connectivity index (χ3n) is 5.53. The van der Waals surface area contributed by atoms with Crippen molar-refractivity contribution in [1.29, 1.82) is 0 Å². The van der Waals surface area contributed by atoms with Crippen LogP contribution in [0.5, 0.6) is 0 Å². The molecule has 0 aliphatic heterocycles. The summed E-state index contributed by atoms with van der Waals surface area (Å²) in [6, 6.07) is 14.7. The van der Waals surface area contributed by atoms with E-state index < -0.39 is 36.6 Å². The minimum Gasteiger partial charge on any atom is -0.480 e. The molecule has 2 aromatic rings. The van der Waals surface area contributed by atoms with Crippen molar-refractivity contribution in [1.82, 2.24) is 16.0 Å². The van der Waals surface area contributed by atoms with Crippen LogP contribution in [0, 0.1) is 5.92 Å². The van der Waals surface area contributed by atoms with Crippen molar-refractivity contribution in [3.05, 3.63) is 59.7 Å². The lowest BCUT2D eigenvalue weighted by atomic mass is 9.98. The molecule has 1 unspecified atom stereocenters. The Bertz CT molecular complexity index is 1030. The number of nitrogens with two attached hydrogens (primary N) is 1. The number of amides is 4. The molecule has 36 heavy (non-hydrogen) atoms. The van der Waals surface area contributed by atoms with Crippen molar-refractivity contribution in [3.8, 4) is 11.1 Å². The van der Waals surface area contributed by atoms with E-state index in [1.165, 1.54) is 0 Å². The van der Waals surface area contributed by atoms with Gasteiger partial charge in [0, 0.05) is 12.5 Å². The normalized spacial score (nSPS) is 12.3. The van der Waals surface area contributed by atoms with Crippen LogP contribution in [-0.4, -0.2) is 54.8 Å². The molecule has 3 rings (SSSR count). The maximum absolute atomic E-state index is 12.4. The molecule has 10 heteroatoms. The van der Waals surface area contributed by atoms with E-state index in [0.717, 1.165) is 28.7 Å². The van der Waals surface area contributed by atoms with Crippen LogP contribution in [0.2, 0.25) is 0 Å². The lowest BCUT2D eigenvalue weighted by Crippen LogP contribution is -2.50. The largest absolute Gasteiger partial charge is 0.480 e. The highest BCUT2D eigenvalue weighted by molar-refractivity contribution is 5.88. The van der Waals surface area contributed by atoms with Gasteiger partial charge < -0.3 is 31.5 Å². The molecule has 0 aromatic heterocycles. The first-order chi connectivity index (χ1) is 17.1. The number of carboxylic acid groups (broad SMARTS) is 1. The van der Waals surface area contributed by atoms with E-state index in [-0.39, 0.29) is 18.4 Å². The maximum Gasteiger partial charge on any atom is 0.407 e. The molecule has 2 aromatic carbocycles. The minimum atomic E-state index is -1.15. The van der Waals surface area contributed by atoms with Gasteiger partial charge in [0.1, 0.15) is 19.2 Å². The smallest absolute Gasteiger partial charge is 0.407 e. The summed E-state index contributed by atoms with van der Waals surface area (Å²) in [6.45, 7) is 5.80. The van der Waals surface area contributed by atoms with Crippen LogP contribution in [0.15, 0.2) is 48.5 Å². The average Bonchev–Trinajstić information content (AvgIpc) is 3.17. The fourth-order valence-corrected chi connectivity index (χ4v) is 3.82. The topological polar surface area (TPSA) is 160 Å². The Morgan fingerprint density at radius 3 is 1.97 bits per heavy atom. The van der Waals surface area contributed by atoms with E-state index in [0.29, 0.717) is 6.54 Å². The zero-order chi connectivity index (χ0) is 26.7. The third-order valence-corrected chi connectivity index (χ3v) is 5.53. The summed E-state index contributed by atoms with van der Waals surface area (Å²) in [6.07, 6.45) is 0.221. The molecule has 6 N–H and O–H groups in total. The first-order valence-electron chi connectivity index (χ1n) is 11.8. The molecule has 1 aliphatic rings. The third kappa shape index (κ3) is 8.00. The summed E-state index contributed by atoms with van der Waals surface area (Å²) in [5.41, 5.74) is 9.18. The van der Waals surface area contributed by atoms with Crippen molar-refractivity contribution in [2.24, 2.45) is 11.7 Å². The number of hydrogen-bond donors (Lipinski definition) is 5. The number of benzene rings is 2. The zero-order valence-corrected chi connectivity index (χ0v) is 20.7. The Hall–Kier alpha value is -4.08. The minimum absolute atomic E-state index is 0.0773. The summed E-state index contributed by atoms with van der Waals surface area (Å²) in [4.78, 5) is 45.0. The quantitative estimate of drug-likeness (QED) is 0.357. The van der Waals surface area contributed by atoms with E-state index in [4.69, 9.17) is 15.6 Å². The van der Waals surface area contributed by atoms with Gasteiger partial charge in [-0.3, -0.25) is 9.59 Å². The highest BCUT2D eigenvalue weighted by atomic mass is 16.5. The maximum atomic E-state index is 12.4. The molecular formula is C26H34N4O6. The lowest BCUT2D eigenvalue weighted by molar-refractivity contribution is -0.138. The van der Waals surface area contributed by atoms with E-state index in [1.807, 2.05) is 43.3 Å². The van der Waals surface area contributed by atoms with Gasteiger partial charge in [0.25, 0.3) is 0 Å². The molecule has 1 aliphatic carbocycles. The second-order valence-electron chi connectivity index (χ2n) is 8.59. The van der Waals surface area contributed by atoms with Crippen LogP contribution in [0.3, 0.4) is 0 Å². The van der Waals surface area contributed by atoms with Gasteiger partial charge in [-0.05, 0) is 34.6 Å². The first kappa shape index (κ1) is 28.2. The highest BCUT2D eigenvalue weighted by Gasteiger charge is 2.30. The molecule has 0 radical (unpaired) electrons. The number of carboxylic acids is 1. The van der Waals surface area contributed by atoms with E-state index in [2.05, 4.69) is 28.1 Å². The number of ether oxygens (including phenoxy) is 1. The summed E-state index contributed by atoms with van der Waals surface area (Å²) in [5.74, 6) is -2.02. The second-order valence-corrected chi connectivity index (χ2v) is 8.59. The average molecular weight is 499 g/mol. The summed E-state index contributed by atoms with van der Waals surface area (Å²) in [5, 5.41) is 16.0. The summed E-state index contributed by atoms with van der Waals surface area (Å²) >= 11 is 0. The monoisotopic (exact) mass is 498 g/mol. The van der Waals surface area contributed by atoms with Crippen molar-refractivity contribution in [2.45, 2.75) is 39.2 Å². The lowest BCUT2D eigenvalue weighted by Gasteiger charge is -2.22. The standard InChI is InChI=1S/C22H24N2O5.C4H10N2O/c1-13(2)20(21(27)23-11-19(25)26)24-22(28)29-12-18-16-9-5-3-7-14(16)15-8-4-6-10-17(15)18;1-2-3-6-4(5)7/h3-10,13,18,20H,11-12H2,1-2H3,(H,23,27)(H,24,28)(H,25,26);2-3H2,1H3,(H3,5,6,7). The number of primary amides is 1. The van der Waals surface area contributed by atoms with Gasteiger partial charge in [0.05, 0.1) is 0 Å². The van der Waals surface area contributed by atoms with Gasteiger partial charge in [0.15, 0.2) is 0 Å². The Labute approximate surface area is 210 Å². The highest BCUT2D eigenvalue weighted by Crippen LogP contribution is 2.44. The number of rotatable bonds is 9. The number of alkyl carbamates (subject to hydrolysis) is 1. The Morgan fingerprint density at radius 1 is 0.972 bits per heavy atom. The predicted molar refractivity (Wildman–Crippen MR) is 135 cm³/mol. The van der Waals surface area contributed by atoms with Gasteiger partial charge in [-0.1, -0.05) is 69.3 Å². The first-order valence-corrected chi connectivity index (χ1v) is 11.8. The van der Waals surface area contributed by atoms with Crippen LogP contribution < -0.4 is 21.7 Å². The van der Waals surface area contributed by atoms with Crippen molar-refractivity contribution in [2.75, 3.05) is 19.7 Å². The molecular weight excluding hydrogens is 464 g/mol.